The lowest BCUT2D eigenvalue weighted by molar-refractivity contribution is -0.116. The van der Waals surface area contributed by atoms with Crippen LogP contribution in [0, 0.1) is 10.5 Å². The van der Waals surface area contributed by atoms with Gasteiger partial charge in [0.25, 0.3) is 5.56 Å². The van der Waals surface area contributed by atoms with Crippen molar-refractivity contribution in [2.75, 3.05) is 5.32 Å². The van der Waals surface area contributed by atoms with Gasteiger partial charge >= 0.3 is 0 Å². The molecule has 0 saturated heterocycles. The van der Waals surface area contributed by atoms with Gasteiger partial charge in [-0.25, -0.2) is 4.98 Å². The first-order chi connectivity index (χ1) is 11.5. The van der Waals surface area contributed by atoms with E-state index in [4.69, 9.17) is 0 Å². The van der Waals surface area contributed by atoms with Crippen LogP contribution >= 0.6 is 22.6 Å². The van der Waals surface area contributed by atoms with E-state index >= 15 is 0 Å². The first-order valence-electron chi connectivity index (χ1n) is 7.57. The molecule has 0 saturated carbocycles. The molecule has 0 spiro atoms. The molecule has 3 aromatic rings. The third-order valence-corrected chi connectivity index (χ3v) is 4.38. The largest absolute Gasteiger partial charge is 0.326 e. The highest BCUT2D eigenvalue weighted by atomic mass is 127. The number of benzene rings is 2. The molecule has 122 valence electrons. The first kappa shape index (κ1) is 16.6. The van der Waals surface area contributed by atoms with Gasteiger partial charge in [-0.3, -0.25) is 9.59 Å². The maximum atomic E-state index is 12.1. The minimum atomic E-state index is -0.176. The molecule has 0 fully saturated rings. The van der Waals surface area contributed by atoms with Crippen LogP contribution in [0.3, 0.4) is 0 Å². The van der Waals surface area contributed by atoms with Crippen LogP contribution in [0.1, 0.15) is 17.8 Å². The highest BCUT2D eigenvalue weighted by Crippen LogP contribution is 2.18. The van der Waals surface area contributed by atoms with Crippen molar-refractivity contribution in [2.45, 2.75) is 19.8 Å². The Morgan fingerprint density at radius 2 is 2.04 bits per heavy atom. The monoisotopic (exact) mass is 433 g/mol. The lowest BCUT2D eigenvalue weighted by atomic mass is 10.2. The molecular weight excluding hydrogens is 417 g/mol. The normalized spacial score (nSPS) is 10.8. The number of H-pyrrole nitrogens is 1. The summed E-state index contributed by atoms with van der Waals surface area (Å²) >= 11 is 2.24. The van der Waals surface area contributed by atoms with E-state index in [9.17, 15) is 9.59 Å². The van der Waals surface area contributed by atoms with Crippen molar-refractivity contribution in [3.05, 3.63) is 67.8 Å². The number of aromatic nitrogens is 2. The van der Waals surface area contributed by atoms with Gasteiger partial charge in [0.05, 0.1) is 10.9 Å². The molecule has 0 atom stereocenters. The fraction of sp³-hybridized carbons (Fsp3) is 0.167. The molecule has 0 aliphatic carbocycles. The van der Waals surface area contributed by atoms with Gasteiger partial charge in [0, 0.05) is 22.1 Å². The Bertz CT molecular complexity index is 966. The summed E-state index contributed by atoms with van der Waals surface area (Å²) in [6.07, 6.45) is 0.641. The Morgan fingerprint density at radius 1 is 1.25 bits per heavy atom. The number of carbonyl (C=O) groups is 1. The molecule has 0 unspecified atom stereocenters. The van der Waals surface area contributed by atoms with Crippen molar-refractivity contribution in [1.29, 1.82) is 0 Å². The van der Waals surface area contributed by atoms with E-state index in [0.717, 1.165) is 14.8 Å². The van der Waals surface area contributed by atoms with Crippen molar-refractivity contribution in [3.8, 4) is 0 Å². The predicted octanol–water partition coefficient (Wildman–Crippen LogP) is 3.41. The Hall–Kier alpha value is -2.22. The third-order valence-electron chi connectivity index (χ3n) is 3.71. The average molecular weight is 433 g/mol. The topological polar surface area (TPSA) is 74.8 Å². The van der Waals surface area contributed by atoms with Crippen LogP contribution in [0.15, 0.2) is 47.3 Å². The second-order valence-electron chi connectivity index (χ2n) is 5.54. The Kier molecular flexibility index (Phi) is 4.94. The number of anilines is 1. The van der Waals surface area contributed by atoms with Crippen LogP contribution < -0.4 is 10.9 Å². The zero-order valence-corrected chi connectivity index (χ0v) is 15.3. The van der Waals surface area contributed by atoms with Crippen molar-refractivity contribution >= 4 is 45.1 Å². The van der Waals surface area contributed by atoms with Gasteiger partial charge in [-0.05, 0) is 65.4 Å². The zero-order valence-electron chi connectivity index (χ0n) is 13.1. The maximum absolute atomic E-state index is 12.1. The molecule has 6 heteroatoms. The van der Waals surface area contributed by atoms with Crippen molar-refractivity contribution in [1.82, 2.24) is 9.97 Å². The lowest BCUT2D eigenvalue weighted by Gasteiger charge is -2.09. The number of para-hydroxylation sites is 1. The van der Waals surface area contributed by atoms with E-state index in [1.807, 2.05) is 31.2 Å². The molecule has 1 amide bonds. The second-order valence-corrected chi connectivity index (χ2v) is 6.78. The average Bonchev–Trinajstić information content (AvgIpc) is 2.56. The summed E-state index contributed by atoms with van der Waals surface area (Å²) in [6.45, 7) is 1.96. The predicted molar refractivity (Wildman–Crippen MR) is 103 cm³/mol. The standard InChI is InChI=1S/C18H16IN3O2/c1-11-10-12(19)6-7-14(11)21-17(23)9-8-16-20-15-5-3-2-4-13(15)18(24)22-16/h2-7,10H,8-9H2,1H3,(H,21,23)(H,20,22,24). The number of amides is 1. The number of hydrogen-bond donors (Lipinski definition) is 2. The van der Waals surface area contributed by atoms with E-state index in [1.165, 1.54) is 0 Å². The van der Waals surface area contributed by atoms with Crippen molar-refractivity contribution < 1.29 is 4.79 Å². The number of nitrogens with one attached hydrogen (secondary N) is 2. The fourth-order valence-electron chi connectivity index (χ4n) is 2.47. The summed E-state index contributed by atoms with van der Waals surface area (Å²) in [5.41, 5.74) is 2.29. The van der Waals surface area contributed by atoms with E-state index in [2.05, 4.69) is 37.9 Å². The van der Waals surface area contributed by atoms with Crippen LogP contribution in [0.2, 0.25) is 0 Å². The Morgan fingerprint density at radius 3 is 2.83 bits per heavy atom. The summed E-state index contributed by atoms with van der Waals surface area (Å²) in [5, 5.41) is 3.45. The number of carbonyl (C=O) groups excluding carboxylic acids is 1. The molecular formula is C18H16IN3O2. The number of halogens is 1. The van der Waals surface area contributed by atoms with Crippen LogP contribution in [-0.4, -0.2) is 15.9 Å². The molecule has 0 radical (unpaired) electrons. The van der Waals surface area contributed by atoms with Gasteiger partial charge in [-0.15, -0.1) is 0 Å². The number of nitrogens with zero attached hydrogens (tertiary/aromatic N) is 1. The summed E-state index contributed by atoms with van der Waals surface area (Å²) in [6, 6.07) is 13.0. The summed E-state index contributed by atoms with van der Waals surface area (Å²) < 4.78 is 1.13. The highest BCUT2D eigenvalue weighted by Gasteiger charge is 2.08. The van der Waals surface area contributed by atoms with E-state index in [0.29, 0.717) is 23.1 Å². The van der Waals surface area contributed by atoms with Gasteiger partial charge in [-0.1, -0.05) is 12.1 Å². The minimum Gasteiger partial charge on any atom is -0.326 e. The number of aromatic amines is 1. The molecule has 3 rings (SSSR count). The molecule has 1 heterocycles. The van der Waals surface area contributed by atoms with Gasteiger partial charge in [0.15, 0.2) is 0 Å². The summed E-state index contributed by atoms with van der Waals surface area (Å²) in [4.78, 5) is 31.3. The zero-order chi connectivity index (χ0) is 17.1. The molecule has 0 bridgehead atoms. The van der Waals surface area contributed by atoms with E-state index < -0.39 is 0 Å². The third kappa shape index (κ3) is 3.81. The van der Waals surface area contributed by atoms with Gasteiger partial charge in [-0.2, -0.15) is 0 Å². The van der Waals surface area contributed by atoms with Crippen LogP contribution in [0.5, 0.6) is 0 Å². The van der Waals surface area contributed by atoms with Crippen molar-refractivity contribution in [3.63, 3.8) is 0 Å². The van der Waals surface area contributed by atoms with Crippen molar-refractivity contribution in [2.24, 2.45) is 0 Å². The smallest absolute Gasteiger partial charge is 0.258 e. The lowest BCUT2D eigenvalue weighted by Crippen LogP contribution is -2.16. The SMILES string of the molecule is Cc1cc(I)ccc1NC(=O)CCc1nc2ccccc2c(=O)[nH]1. The molecule has 2 aromatic carbocycles. The minimum absolute atomic E-state index is 0.102. The van der Waals surface area contributed by atoms with E-state index in [-0.39, 0.29) is 17.9 Å². The second kappa shape index (κ2) is 7.12. The number of rotatable bonds is 4. The summed E-state index contributed by atoms with van der Waals surface area (Å²) in [7, 11) is 0. The highest BCUT2D eigenvalue weighted by molar-refractivity contribution is 14.1. The molecule has 24 heavy (non-hydrogen) atoms. The van der Waals surface area contributed by atoms with Gasteiger partial charge < -0.3 is 10.3 Å². The Labute approximate surface area is 152 Å². The van der Waals surface area contributed by atoms with E-state index in [1.54, 1.807) is 18.2 Å². The molecule has 1 aromatic heterocycles. The number of fused-ring (bicyclic) bond motifs is 1. The molecule has 0 aliphatic rings. The first-order valence-corrected chi connectivity index (χ1v) is 8.65. The van der Waals surface area contributed by atoms with Crippen LogP contribution in [0.25, 0.3) is 10.9 Å². The summed E-state index contributed by atoms with van der Waals surface area (Å²) in [5.74, 6) is 0.420. The van der Waals surface area contributed by atoms with Crippen LogP contribution in [-0.2, 0) is 11.2 Å². The number of aryl methyl sites for hydroxylation is 2. The van der Waals surface area contributed by atoms with Crippen LogP contribution in [0.4, 0.5) is 5.69 Å². The molecule has 5 nitrogen and oxygen atoms in total. The fourth-order valence-corrected chi connectivity index (χ4v) is 3.11. The Balaban J connectivity index is 1.69. The molecule has 0 aliphatic heterocycles. The number of hydrogen-bond acceptors (Lipinski definition) is 3. The quantitative estimate of drug-likeness (QED) is 0.620. The van der Waals surface area contributed by atoms with Gasteiger partial charge in [0.1, 0.15) is 5.82 Å². The van der Waals surface area contributed by atoms with Gasteiger partial charge in [0.2, 0.25) is 5.91 Å². The maximum Gasteiger partial charge on any atom is 0.258 e. The molecule has 2 N–H and O–H groups in total.